The SMILES string of the molecule is CCCCNC(=O)C1CCCCC1C(=O)N1CC(Oc2ccccc2)C1. The zero-order valence-electron chi connectivity index (χ0n) is 15.7. The quantitative estimate of drug-likeness (QED) is 0.762. The number of nitrogens with one attached hydrogen (secondary N) is 1. The summed E-state index contributed by atoms with van der Waals surface area (Å²) in [6.07, 6.45) is 5.83. The molecule has 2 fully saturated rings. The molecule has 2 aliphatic rings. The molecule has 1 aromatic rings. The third-order valence-electron chi connectivity index (χ3n) is 5.46. The van der Waals surface area contributed by atoms with Gasteiger partial charge in [0, 0.05) is 18.4 Å². The third-order valence-corrected chi connectivity index (χ3v) is 5.46. The summed E-state index contributed by atoms with van der Waals surface area (Å²) in [5.41, 5.74) is 0. The molecule has 2 atom stereocenters. The highest BCUT2D eigenvalue weighted by molar-refractivity contribution is 5.88. The van der Waals surface area contributed by atoms with Crippen molar-refractivity contribution in [3.63, 3.8) is 0 Å². The number of carbonyl (C=O) groups excluding carboxylic acids is 2. The Morgan fingerprint density at radius 2 is 1.81 bits per heavy atom. The van der Waals surface area contributed by atoms with Crippen LogP contribution in [0.4, 0.5) is 0 Å². The van der Waals surface area contributed by atoms with Crippen LogP contribution in [0.1, 0.15) is 45.4 Å². The molecule has 1 saturated heterocycles. The molecule has 0 spiro atoms. The van der Waals surface area contributed by atoms with Crippen molar-refractivity contribution in [2.75, 3.05) is 19.6 Å². The molecule has 5 heteroatoms. The fourth-order valence-corrected chi connectivity index (χ4v) is 3.88. The Kier molecular flexibility index (Phi) is 6.53. The summed E-state index contributed by atoms with van der Waals surface area (Å²) in [7, 11) is 0. The van der Waals surface area contributed by atoms with Gasteiger partial charge in [0.05, 0.1) is 13.1 Å². The zero-order valence-corrected chi connectivity index (χ0v) is 15.7. The van der Waals surface area contributed by atoms with Crippen LogP contribution in [-0.4, -0.2) is 42.5 Å². The number of para-hydroxylation sites is 1. The van der Waals surface area contributed by atoms with E-state index in [0.717, 1.165) is 44.3 Å². The van der Waals surface area contributed by atoms with E-state index in [2.05, 4.69) is 12.2 Å². The molecule has 1 aromatic carbocycles. The highest BCUT2D eigenvalue weighted by atomic mass is 16.5. The number of unbranched alkanes of at least 4 members (excludes halogenated alkanes) is 1. The highest BCUT2D eigenvalue weighted by Gasteiger charge is 2.41. The first-order chi connectivity index (χ1) is 12.7. The maximum atomic E-state index is 12.9. The molecule has 1 N–H and O–H groups in total. The normalized spacial score (nSPS) is 23.2. The van der Waals surface area contributed by atoms with Crippen LogP contribution in [0.3, 0.4) is 0 Å². The van der Waals surface area contributed by atoms with Gasteiger partial charge in [-0.1, -0.05) is 44.4 Å². The lowest BCUT2D eigenvalue weighted by molar-refractivity contribution is -0.150. The average Bonchev–Trinajstić information content (AvgIpc) is 2.65. The summed E-state index contributed by atoms with van der Waals surface area (Å²) in [6, 6.07) is 9.71. The van der Waals surface area contributed by atoms with E-state index in [1.165, 1.54) is 0 Å². The molecular formula is C21H30N2O3. The lowest BCUT2D eigenvalue weighted by Crippen LogP contribution is -2.59. The standard InChI is InChI=1S/C21H30N2O3/c1-2-3-13-22-20(24)18-11-7-8-12-19(18)21(25)23-14-17(15-23)26-16-9-5-4-6-10-16/h4-6,9-10,17-19H,2-3,7-8,11-15H2,1H3,(H,22,24). The van der Waals surface area contributed by atoms with Gasteiger partial charge < -0.3 is 15.0 Å². The van der Waals surface area contributed by atoms with E-state index in [0.29, 0.717) is 19.6 Å². The van der Waals surface area contributed by atoms with Crippen molar-refractivity contribution >= 4 is 11.8 Å². The lowest BCUT2D eigenvalue weighted by Gasteiger charge is -2.42. The monoisotopic (exact) mass is 358 g/mol. The molecule has 142 valence electrons. The smallest absolute Gasteiger partial charge is 0.226 e. The van der Waals surface area contributed by atoms with Gasteiger partial charge in [-0.25, -0.2) is 0 Å². The van der Waals surface area contributed by atoms with Crippen molar-refractivity contribution in [3.8, 4) is 5.75 Å². The Morgan fingerprint density at radius 3 is 2.50 bits per heavy atom. The topological polar surface area (TPSA) is 58.6 Å². The molecule has 1 saturated carbocycles. The Bertz CT molecular complexity index is 599. The molecule has 0 aromatic heterocycles. The predicted molar refractivity (Wildman–Crippen MR) is 101 cm³/mol. The fraction of sp³-hybridized carbons (Fsp3) is 0.619. The summed E-state index contributed by atoms with van der Waals surface area (Å²) in [5, 5.41) is 3.02. The van der Waals surface area contributed by atoms with E-state index in [1.807, 2.05) is 35.2 Å². The van der Waals surface area contributed by atoms with Gasteiger partial charge >= 0.3 is 0 Å². The van der Waals surface area contributed by atoms with Crippen LogP contribution in [-0.2, 0) is 9.59 Å². The van der Waals surface area contributed by atoms with Crippen LogP contribution in [0.2, 0.25) is 0 Å². The molecule has 2 unspecified atom stereocenters. The van der Waals surface area contributed by atoms with Crippen molar-refractivity contribution in [3.05, 3.63) is 30.3 Å². The van der Waals surface area contributed by atoms with E-state index in [4.69, 9.17) is 4.74 Å². The second-order valence-corrected chi connectivity index (χ2v) is 7.44. The van der Waals surface area contributed by atoms with Gasteiger partial charge in [-0.3, -0.25) is 9.59 Å². The first-order valence-corrected chi connectivity index (χ1v) is 9.97. The summed E-state index contributed by atoms with van der Waals surface area (Å²) >= 11 is 0. The number of nitrogens with zero attached hydrogens (tertiary/aromatic N) is 1. The van der Waals surface area contributed by atoms with Crippen LogP contribution < -0.4 is 10.1 Å². The van der Waals surface area contributed by atoms with Crippen molar-refractivity contribution in [2.24, 2.45) is 11.8 Å². The number of hydrogen-bond acceptors (Lipinski definition) is 3. The number of likely N-dealkylation sites (tertiary alicyclic amines) is 1. The van der Waals surface area contributed by atoms with Gasteiger partial charge in [0.15, 0.2) is 0 Å². The van der Waals surface area contributed by atoms with Crippen molar-refractivity contribution in [1.82, 2.24) is 10.2 Å². The lowest BCUT2D eigenvalue weighted by atomic mass is 9.77. The molecule has 1 heterocycles. The molecule has 3 rings (SSSR count). The molecule has 1 aliphatic carbocycles. The highest BCUT2D eigenvalue weighted by Crippen LogP contribution is 2.33. The zero-order chi connectivity index (χ0) is 18.4. The van der Waals surface area contributed by atoms with Gasteiger partial charge in [-0.15, -0.1) is 0 Å². The molecule has 2 amide bonds. The number of rotatable bonds is 7. The predicted octanol–water partition coefficient (Wildman–Crippen LogP) is 3.00. The van der Waals surface area contributed by atoms with E-state index < -0.39 is 0 Å². The Balaban J connectivity index is 1.50. The minimum atomic E-state index is -0.165. The second kappa shape index (κ2) is 9.06. The maximum absolute atomic E-state index is 12.9. The number of ether oxygens (including phenoxy) is 1. The molecule has 5 nitrogen and oxygen atoms in total. The second-order valence-electron chi connectivity index (χ2n) is 7.44. The largest absolute Gasteiger partial charge is 0.487 e. The van der Waals surface area contributed by atoms with Crippen LogP contribution >= 0.6 is 0 Å². The van der Waals surface area contributed by atoms with E-state index in [-0.39, 0.29) is 29.8 Å². The summed E-state index contributed by atoms with van der Waals surface area (Å²) in [5.74, 6) is 0.711. The maximum Gasteiger partial charge on any atom is 0.226 e. The van der Waals surface area contributed by atoms with E-state index in [9.17, 15) is 9.59 Å². The molecule has 0 bridgehead atoms. The van der Waals surface area contributed by atoms with Gasteiger partial charge in [-0.05, 0) is 31.4 Å². The summed E-state index contributed by atoms with van der Waals surface area (Å²) < 4.78 is 5.88. The van der Waals surface area contributed by atoms with Crippen LogP contribution in [0.15, 0.2) is 30.3 Å². The molecule has 26 heavy (non-hydrogen) atoms. The first-order valence-electron chi connectivity index (χ1n) is 9.97. The van der Waals surface area contributed by atoms with Crippen LogP contribution in [0.25, 0.3) is 0 Å². The number of amides is 2. The average molecular weight is 358 g/mol. The van der Waals surface area contributed by atoms with Gasteiger partial charge in [0.1, 0.15) is 11.9 Å². The Morgan fingerprint density at radius 1 is 1.12 bits per heavy atom. The third kappa shape index (κ3) is 4.57. The number of carbonyl (C=O) groups is 2. The first kappa shape index (κ1) is 18.7. The van der Waals surface area contributed by atoms with Crippen LogP contribution in [0, 0.1) is 11.8 Å². The Hall–Kier alpha value is -2.04. The van der Waals surface area contributed by atoms with Gasteiger partial charge in [-0.2, -0.15) is 0 Å². The molecule has 1 aliphatic heterocycles. The minimum Gasteiger partial charge on any atom is -0.487 e. The molecule has 0 radical (unpaired) electrons. The number of benzene rings is 1. The van der Waals surface area contributed by atoms with E-state index in [1.54, 1.807) is 0 Å². The van der Waals surface area contributed by atoms with E-state index >= 15 is 0 Å². The van der Waals surface area contributed by atoms with Crippen LogP contribution in [0.5, 0.6) is 5.75 Å². The van der Waals surface area contributed by atoms with Crippen molar-refractivity contribution in [2.45, 2.75) is 51.6 Å². The van der Waals surface area contributed by atoms with Gasteiger partial charge in [0.2, 0.25) is 11.8 Å². The Labute approximate surface area is 156 Å². The summed E-state index contributed by atoms with van der Waals surface area (Å²) in [4.78, 5) is 27.3. The fourth-order valence-electron chi connectivity index (χ4n) is 3.88. The minimum absolute atomic E-state index is 0.0572. The number of hydrogen-bond donors (Lipinski definition) is 1. The summed E-state index contributed by atoms with van der Waals surface area (Å²) in [6.45, 7) is 4.06. The van der Waals surface area contributed by atoms with Crippen molar-refractivity contribution < 1.29 is 14.3 Å². The van der Waals surface area contributed by atoms with Gasteiger partial charge in [0.25, 0.3) is 0 Å². The molecular weight excluding hydrogens is 328 g/mol. The van der Waals surface area contributed by atoms with Crippen molar-refractivity contribution in [1.29, 1.82) is 0 Å².